The minimum atomic E-state index is -0.446. The summed E-state index contributed by atoms with van der Waals surface area (Å²) in [5.41, 5.74) is 2.54. The number of hydrogen-bond donors (Lipinski definition) is 1. The molecule has 3 rings (SSSR count). The van der Waals surface area contributed by atoms with Gasteiger partial charge in [0.25, 0.3) is 0 Å². The standard InChI is InChI=1S/C20H22ClNO2/c1-14-6-5-7-15(12-14)20(10-3-4-11-20)19(23)22-16-8-9-18(24-2)17(21)13-16/h5-9,12-13H,3-4,10-11H2,1-2H3,(H,22,23). The summed E-state index contributed by atoms with van der Waals surface area (Å²) in [4.78, 5) is 13.1. The number of carbonyl (C=O) groups is 1. The number of carbonyl (C=O) groups excluding carboxylic acids is 1. The lowest BCUT2D eigenvalue weighted by atomic mass is 9.77. The van der Waals surface area contributed by atoms with E-state index in [1.165, 1.54) is 5.56 Å². The third-order valence-electron chi connectivity index (χ3n) is 4.87. The summed E-state index contributed by atoms with van der Waals surface area (Å²) in [5.74, 6) is 0.649. The van der Waals surface area contributed by atoms with Crippen molar-refractivity contribution in [2.75, 3.05) is 12.4 Å². The van der Waals surface area contributed by atoms with Crippen LogP contribution in [0.15, 0.2) is 42.5 Å². The smallest absolute Gasteiger partial charge is 0.235 e. The lowest BCUT2D eigenvalue weighted by molar-refractivity contribution is -0.121. The Bertz CT molecular complexity index is 751. The van der Waals surface area contributed by atoms with E-state index in [-0.39, 0.29) is 5.91 Å². The van der Waals surface area contributed by atoms with Crippen LogP contribution in [0.1, 0.15) is 36.8 Å². The van der Waals surface area contributed by atoms with Crippen LogP contribution in [-0.4, -0.2) is 13.0 Å². The normalized spacial score (nSPS) is 16.0. The van der Waals surface area contributed by atoms with E-state index in [4.69, 9.17) is 16.3 Å². The van der Waals surface area contributed by atoms with Crippen LogP contribution in [0.2, 0.25) is 5.02 Å². The van der Waals surface area contributed by atoms with Gasteiger partial charge < -0.3 is 10.1 Å². The Morgan fingerprint density at radius 3 is 2.54 bits per heavy atom. The van der Waals surface area contributed by atoms with Crippen molar-refractivity contribution < 1.29 is 9.53 Å². The molecule has 1 amide bonds. The van der Waals surface area contributed by atoms with E-state index in [1.54, 1.807) is 19.2 Å². The highest BCUT2D eigenvalue weighted by Gasteiger charge is 2.42. The van der Waals surface area contributed by atoms with Gasteiger partial charge >= 0.3 is 0 Å². The lowest BCUT2D eigenvalue weighted by Crippen LogP contribution is -2.38. The van der Waals surface area contributed by atoms with E-state index < -0.39 is 5.41 Å². The van der Waals surface area contributed by atoms with Crippen molar-refractivity contribution in [3.63, 3.8) is 0 Å². The average Bonchev–Trinajstić information content (AvgIpc) is 3.06. The molecule has 1 saturated carbocycles. The first-order chi connectivity index (χ1) is 11.5. The lowest BCUT2D eigenvalue weighted by Gasteiger charge is -2.28. The number of methoxy groups -OCH3 is 1. The molecule has 0 heterocycles. The molecular weight excluding hydrogens is 322 g/mol. The van der Waals surface area contributed by atoms with E-state index in [9.17, 15) is 4.79 Å². The first kappa shape index (κ1) is 16.8. The molecule has 126 valence electrons. The van der Waals surface area contributed by atoms with Crippen molar-refractivity contribution in [3.8, 4) is 5.75 Å². The number of amides is 1. The van der Waals surface area contributed by atoms with Crippen molar-refractivity contribution in [2.24, 2.45) is 0 Å². The second kappa shape index (κ2) is 6.86. The largest absolute Gasteiger partial charge is 0.495 e. The molecule has 1 N–H and O–H groups in total. The molecule has 1 aliphatic carbocycles. The van der Waals surface area contributed by atoms with E-state index in [2.05, 4.69) is 30.4 Å². The molecule has 0 aromatic heterocycles. The molecule has 3 nitrogen and oxygen atoms in total. The fourth-order valence-electron chi connectivity index (χ4n) is 3.56. The van der Waals surface area contributed by atoms with E-state index >= 15 is 0 Å². The molecule has 0 aliphatic heterocycles. The van der Waals surface area contributed by atoms with Crippen LogP contribution in [-0.2, 0) is 10.2 Å². The number of rotatable bonds is 4. The fourth-order valence-corrected chi connectivity index (χ4v) is 3.82. The Morgan fingerprint density at radius 1 is 1.17 bits per heavy atom. The maximum atomic E-state index is 13.1. The highest BCUT2D eigenvalue weighted by atomic mass is 35.5. The summed E-state index contributed by atoms with van der Waals surface area (Å²) in [5, 5.41) is 3.55. The SMILES string of the molecule is COc1ccc(NC(=O)C2(c3cccc(C)c3)CCCC2)cc1Cl. The zero-order valence-corrected chi connectivity index (χ0v) is 14.8. The Labute approximate surface area is 148 Å². The van der Waals surface area contributed by atoms with Crippen LogP contribution >= 0.6 is 11.6 Å². The van der Waals surface area contributed by atoms with E-state index in [0.29, 0.717) is 16.5 Å². The zero-order valence-electron chi connectivity index (χ0n) is 14.1. The predicted molar refractivity (Wildman–Crippen MR) is 98.0 cm³/mol. The van der Waals surface area contributed by atoms with Crippen LogP contribution in [0.5, 0.6) is 5.75 Å². The number of benzene rings is 2. The molecule has 0 radical (unpaired) electrons. The summed E-state index contributed by atoms with van der Waals surface area (Å²) >= 11 is 6.17. The minimum Gasteiger partial charge on any atom is -0.495 e. The topological polar surface area (TPSA) is 38.3 Å². The van der Waals surface area contributed by atoms with Crippen molar-refractivity contribution in [3.05, 3.63) is 58.6 Å². The van der Waals surface area contributed by atoms with E-state index in [1.807, 2.05) is 12.1 Å². The molecule has 1 aliphatic rings. The third kappa shape index (κ3) is 3.13. The fraction of sp³-hybridized carbons (Fsp3) is 0.350. The first-order valence-corrected chi connectivity index (χ1v) is 8.65. The Hall–Kier alpha value is -2.00. The molecular formula is C20H22ClNO2. The molecule has 0 saturated heterocycles. The van der Waals surface area contributed by atoms with Gasteiger partial charge in [0.1, 0.15) is 5.75 Å². The zero-order chi connectivity index (χ0) is 17.2. The van der Waals surface area contributed by atoms with Gasteiger partial charge in [-0.05, 0) is 43.5 Å². The predicted octanol–water partition coefficient (Wildman–Crippen LogP) is 5.11. The van der Waals surface area contributed by atoms with Gasteiger partial charge in [-0.2, -0.15) is 0 Å². The molecule has 0 atom stereocenters. The van der Waals surface area contributed by atoms with Crippen molar-refractivity contribution in [1.82, 2.24) is 0 Å². The summed E-state index contributed by atoms with van der Waals surface area (Å²) in [6, 6.07) is 13.6. The molecule has 2 aromatic rings. The Balaban J connectivity index is 1.89. The summed E-state index contributed by atoms with van der Waals surface area (Å²) < 4.78 is 5.16. The second-order valence-electron chi connectivity index (χ2n) is 6.46. The number of hydrogen-bond acceptors (Lipinski definition) is 2. The molecule has 2 aromatic carbocycles. The molecule has 1 fully saturated rings. The average molecular weight is 344 g/mol. The van der Waals surface area contributed by atoms with Crippen LogP contribution in [0.25, 0.3) is 0 Å². The summed E-state index contributed by atoms with van der Waals surface area (Å²) in [6.07, 6.45) is 3.91. The van der Waals surface area contributed by atoms with Crippen molar-refractivity contribution in [2.45, 2.75) is 38.0 Å². The van der Waals surface area contributed by atoms with Gasteiger partial charge in [0, 0.05) is 5.69 Å². The van der Waals surface area contributed by atoms with Gasteiger partial charge in [-0.1, -0.05) is 54.3 Å². The Morgan fingerprint density at radius 2 is 1.92 bits per heavy atom. The van der Waals surface area contributed by atoms with Crippen LogP contribution in [0.4, 0.5) is 5.69 Å². The highest BCUT2D eigenvalue weighted by molar-refractivity contribution is 6.32. The number of nitrogens with one attached hydrogen (secondary N) is 1. The number of aryl methyl sites for hydroxylation is 1. The van der Waals surface area contributed by atoms with E-state index in [0.717, 1.165) is 31.2 Å². The summed E-state index contributed by atoms with van der Waals surface area (Å²) in [6.45, 7) is 2.06. The third-order valence-corrected chi connectivity index (χ3v) is 5.17. The van der Waals surface area contributed by atoms with Crippen LogP contribution in [0.3, 0.4) is 0 Å². The molecule has 0 spiro atoms. The van der Waals surface area contributed by atoms with Crippen molar-refractivity contribution >= 4 is 23.2 Å². The van der Waals surface area contributed by atoms with Crippen LogP contribution < -0.4 is 10.1 Å². The molecule has 24 heavy (non-hydrogen) atoms. The van der Waals surface area contributed by atoms with Gasteiger partial charge in [-0.15, -0.1) is 0 Å². The second-order valence-corrected chi connectivity index (χ2v) is 6.87. The quantitative estimate of drug-likeness (QED) is 0.837. The monoisotopic (exact) mass is 343 g/mol. The summed E-state index contributed by atoms with van der Waals surface area (Å²) in [7, 11) is 1.57. The minimum absolute atomic E-state index is 0.0480. The molecule has 0 unspecified atom stereocenters. The van der Waals surface area contributed by atoms with Gasteiger partial charge in [0.05, 0.1) is 17.5 Å². The number of anilines is 1. The highest BCUT2D eigenvalue weighted by Crippen LogP contribution is 2.42. The van der Waals surface area contributed by atoms with Gasteiger partial charge in [-0.3, -0.25) is 4.79 Å². The van der Waals surface area contributed by atoms with Gasteiger partial charge in [0.2, 0.25) is 5.91 Å². The van der Waals surface area contributed by atoms with Crippen molar-refractivity contribution in [1.29, 1.82) is 0 Å². The first-order valence-electron chi connectivity index (χ1n) is 8.27. The number of halogens is 1. The maximum absolute atomic E-state index is 13.1. The maximum Gasteiger partial charge on any atom is 0.235 e. The Kier molecular flexibility index (Phi) is 4.81. The van der Waals surface area contributed by atoms with Gasteiger partial charge in [-0.25, -0.2) is 0 Å². The van der Waals surface area contributed by atoms with Crippen LogP contribution in [0, 0.1) is 6.92 Å². The molecule has 4 heteroatoms. The molecule has 0 bridgehead atoms. The number of ether oxygens (including phenoxy) is 1. The van der Waals surface area contributed by atoms with Gasteiger partial charge in [0.15, 0.2) is 0 Å².